The summed E-state index contributed by atoms with van der Waals surface area (Å²) in [7, 11) is -1.65. The van der Waals surface area contributed by atoms with Crippen molar-refractivity contribution >= 4 is 21.6 Å². The highest BCUT2D eigenvalue weighted by atomic mass is 32.2. The number of sulfone groups is 1. The van der Waals surface area contributed by atoms with Crippen LogP contribution in [-0.4, -0.2) is 48.2 Å². The van der Waals surface area contributed by atoms with E-state index in [4.69, 9.17) is 9.47 Å². The number of anilines is 1. The number of carbonyl (C=O) groups excluding carboxylic acids is 1. The smallest absolute Gasteiger partial charge is 0.281 e. The normalized spacial score (nSPS) is 15.2. The number of hydrogen-bond acceptors (Lipinski definition) is 9. The van der Waals surface area contributed by atoms with Crippen LogP contribution in [0, 0.1) is 5.92 Å². The Bertz CT molecular complexity index is 1870. The summed E-state index contributed by atoms with van der Waals surface area (Å²) >= 11 is 0. The lowest BCUT2D eigenvalue weighted by Gasteiger charge is -2.22. The first-order chi connectivity index (χ1) is 21.2. The van der Waals surface area contributed by atoms with E-state index in [1.54, 1.807) is 48.7 Å². The highest BCUT2D eigenvalue weighted by Gasteiger charge is 2.34. The molecular weight excluding hydrogens is 584 g/mol. The molecule has 44 heavy (non-hydrogen) atoms. The van der Waals surface area contributed by atoms with Crippen LogP contribution < -0.4 is 20.3 Å². The Balaban J connectivity index is 1.43. The molecule has 0 bridgehead atoms. The Kier molecular flexibility index (Phi) is 7.85. The largest absolute Gasteiger partial charge is 0.494 e. The first kappa shape index (κ1) is 29.4. The van der Waals surface area contributed by atoms with Crippen molar-refractivity contribution in [3.63, 3.8) is 0 Å². The number of pyridine rings is 1. The molecular formula is C32H32N4O7S. The average Bonchev–Trinajstić information content (AvgIpc) is 3.74. The predicted molar refractivity (Wildman–Crippen MR) is 162 cm³/mol. The molecule has 2 aromatic heterocycles. The van der Waals surface area contributed by atoms with Crippen molar-refractivity contribution in [2.45, 2.75) is 54.2 Å². The van der Waals surface area contributed by atoms with Crippen molar-refractivity contribution in [2.75, 3.05) is 19.5 Å². The summed E-state index contributed by atoms with van der Waals surface area (Å²) in [6.45, 7) is 0. The van der Waals surface area contributed by atoms with Gasteiger partial charge in [-0.25, -0.2) is 13.4 Å². The molecule has 2 aliphatic carbocycles. The van der Waals surface area contributed by atoms with Gasteiger partial charge in [0.2, 0.25) is 21.6 Å². The van der Waals surface area contributed by atoms with E-state index in [1.807, 2.05) is 0 Å². The Hall–Kier alpha value is -4.71. The van der Waals surface area contributed by atoms with E-state index in [2.05, 4.69) is 15.3 Å². The third kappa shape index (κ3) is 5.41. The number of rotatable bonds is 9. The number of benzene rings is 2. The van der Waals surface area contributed by atoms with Crippen molar-refractivity contribution in [2.24, 2.45) is 5.92 Å². The number of amides is 1. The average molecular weight is 617 g/mol. The van der Waals surface area contributed by atoms with Crippen molar-refractivity contribution in [3.8, 4) is 34.2 Å². The van der Waals surface area contributed by atoms with Gasteiger partial charge in [-0.05, 0) is 73.2 Å². The molecule has 2 fully saturated rings. The molecule has 0 unspecified atom stereocenters. The van der Waals surface area contributed by atoms with Crippen LogP contribution in [0.4, 0.5) is 5.82 Å². The van der Waals surface area contributed by atoms with Gasteiger partial charge in [0, 0.05) is 18.0 Å². The quantitative estimate of drug-likeness (QED) is 0.269. The number of hydrogen-bond donors (Lipinski definition) is 2. The number of aromatic hydroxyl groups is 1. The van der Waals surface area contributed by atoms with Crippen LogP contribution in [-0.2, 0) is 14.6 Å². The Morgan fingerprint density at radius 3 is 2.23 bits per heavy atom. The van der Waals surface area contributed by atoms with E-state index in [0.29, 0.717) is 16.9 Å². The van der Waals surface area contributed by atoms with Gasteiger partial charge < -0.3 is 19.9 Å². The Morgan fingerprint density at radius 2 is 1.61 bits per heavy atom. The Labute approximate surface area is 254 Å². The van der Waals surface area contributed by atoms with Gasteiger partial charge in [-0.2, -0.15) is 4.98 Å². The summed E-state index contributed by atoms with van der Waals surface area (Å²) in [5.41, 5.74) is 0.650. The van der Waals surface area contributed by atoms with Crippen molar-refractivity contribution in [1.29, 1.82) is 0 Å². The van der Waals surface area contributed by atoms with E-state index in [9.17, 15) is 23.1 Å². The number of ether oxygens (including phenoxy) is 2. The molecule has 11 nitrogen and oxygen atoms in total. The fraction of sp³-hybridized carbons (Fsp3) is 0.312. The third-order valence-electron chi connectivity index (χ3n) is 8.12. The summed E-state index contributed by atoms with van der Waals surface area (Å²) in [5, 5.41) is 13.8. The van der Waals surface area contributed by atoms with E-state index in [0.717, 1.165) is 38.5 Å². The lowest BCUT2D eigenvalue weighted by molar-refractivity contribution is -0.117. The molecule has 2 heterocycles. The number of nitrogens with one attached hydrogen (secondary N) is 1. The van der Waals surface area contributed by atoms with Crippen LogP contribution in [0.15, 0.2) is 75.4 Å². The van der Waals surface area contributed by atoms with Gasteiger partial charge in [0.15, 0.2) is 4.90 Å². The molecule has 0 spiro atoms. The maximum atomic E-state index is 14.2. The second-order valence-corrected chi connectivity index (χ2v) is 12.9. The zero-order chi connectivity index (χ0) is 31.0. The van der Waals surface area contributed by atoms with Gasteiger partial charge in [0.1, 0.15) is 28.8 Å². The maximum Gasteiger partial charge on any atom is 0.281 e. The summed E-state index contributed by atoms with van der Waals surface area (Å²) in [5.74, 6) is 0.171. The minimum atomic E-state index is -4.53. The molecule has 4 aromatic rings. The van der Waals surface area contributed by atoms with Crippen LogP contribution >= 0.6 is 0 Å². The monoisotopic (exact) mass is 616 g/mol. The fourth-order valence-corrected chi connectivity index (χ4v) is 7.01. The van der Waals surface area contributed by atoms with Gasteiger partial charge in [-0.1, -0.05) is 31.0 Å². The van der Waals surface area contributed by atoms with E-state index < -0.39 is 26.2 Å². The lowest BCUT2D eigenvalue weighted by Crippen LogP contribution is -2.30. The minimum absolute atomic E-state index is 0.0248. The number of nitrogens with zero attached hydrogens (tertiary/aromatic N) is 3. The molecule has 1 amide bonds. The zero-order valence-electron chi connectivity index (χ0n) is 24.3. The highest BCUT2D eigenvalue weighted by Crippen LogP contribution is 2.40. The maximum absolute atomic E-state index is 14.2. The van der Waals surface area contributed by atoms with Crippen molar-refractivity contribution in [1.82, 2.24) is 14.5 Å². The molecule has 2 aliphatic rings. The standard InChI is InChI=1S/C32H32N4O7S/c1-42-24-8-5-9-25(43-2)27(24)36-29(20-6-3-4-7-20)35-31(38)28(32(36)39)44(40,41)23-14-12-19(13-15-23)22-16-17-33-26(18-22)34-30(37)21-10-11-21/h5,8-9,12-18,20-21,38H,3-4,6-7,10-11H2,1-2H3,(H,33,34,37). The van der Waals surface area contributed by atoms with Crippen molar-refractivity contribution in [3.05, 3.63) is 77.0 Å². The lowest BCUT2D eigenvalue weighted by atomic mass is 10.1. The number of carbonyl (C=O) groups is 1. The van der Waals surface area contributed by atoms with Crippen LogP contribution in [0.5, 0.6) is 17.4 Å². The molecule has 12 heteroatoms. The molecule has 0 radical (unpaired) electrons. The molecule has 2 aromatic carbocycles. The Morgan fingerprint density at radius 1 is 0.955 bits per heavy atom. The van der Waals surface area contributed by atoms with E-state index in [-0.39, 0.29) is 45.6 Å². The molecule has 0 saturated heterocycles. The predicted octanol–water partition coefficient (Wildman–Crippen LogP) is 4.86. The zero-order valence-corrected chi connectivity index (χ0v) is 25.1. The summed E-state index contributed by atoms with van der Waals surface area (Å²) < 4.78 is 40.2. The van der Waals surface area contributed by atoms with Gasteiger partial charge >= 0.3 is 0 Å². The van der Waals surface area contributed by atoms with Gasteiger partial charge in [-0.15, -0.1) is 0 Å². The molecule has 6 rings (SSSR count). The number of aromatic nitrogens is 3. The number of methoxy groups -OCH3 is 2. The molecule has 0 aliphatic heterocycles. The molecule has 2 N–H and O–H groups in total. The van der Waals surface area contributed by atoms with E-state index >= 15 is 0 Å². The SMILES string of the molecule is COc1cccc(OC)c1-n1c(C2CCCC2)nc(O)c(S(=O)(=O)c2ccc(-c3ccnc(NC(=O)C4CC4)c3)cc2)c1=O. The van der Waals surface area contributed by atoms with Gasteiger partial charge in [-0.3, -0.25) is 14.2 Å². The first-order valence-corrected chi connectivity index (χ1v) is 15.9. The van der Waals surface area contributed by atoms with E-state index in [1.165, 1.54) is 30.9 Å². The third-order valence-corrected chi connectivity index (χ3v) is 9.91. The molecule has 2 saturated carbocycles. The summed E-state index contributed by atoms with van der Waals surface area (Å²) in [6.07, 6.45) is 6.61. The van der Waals surface area contributed by atoms with Crippen LogP contribution in [0.2, 0.25) is 0 Å². The summed E-state index contributed by atoms with van der Waals surface area (Å²) in [4.78, 5) is 33.9. The first-order valence-electron chi connectivity index (χ1n) is 14.4. The van der Waals surface area contributed by atoms with Gasteiger partial charge in [0.25, 0.3) is 5.56 Å². The van der Waals surface area contributed by atoms with Gasteiger partial charge in [0.05, 0.1) is 19.1 Å². The second-order valence-electron chi connectivity index (χ2n) is 11.0. The second kappa shape index (κ2) is 11.8. The van der Waals surface area contributed by atoms with Crippen LogP contribution in [0.1, 0.15) is 50.3 Å². The topological polar surface area (TPSA) is 150 Å². The van der Waals surface area contributed by atoms with Crippen LogP contribution in [0.25, 0.3) is 16.8 Å². The molecule has 0 atom stereocenters. The van der Waals surface area contributed by atoms with Crippen molar-refractivity contribution < 1.29 is 27.8 Å². The minimum Gasteiger partial charge on any atom is -0.494 e. The summed E-state index contributed by atoms with van der Waals surface area (Å²) in [6, 6.07) is 14.3. The number of para-hydroxylation sites is 1. The van der Waals surface area contributed by atoms with Crippen LogP contribution in [0.3, 0.4) is 0 Å². The highest BCUT2D eigenvalue weighted by molar-refractivity contribution is 7.91. The fourth-order valence-electron chi connectivity index (χ4n) is 5.67. The molecule has 228 valence electrons.